The van der Waals surface area contributed by atoms with Crippen LogP contribution in [0.1, 0.15) is 51.9 Å². The van der Waals surface area contributed by atoms with Crippen LogP contribution in [0.5, 0.6) is 0 Å². The summed E-state index contributed by atoms with van der Waals surface area (Å²) in [5, 5.41) is 3.88. The average Bonchev–Trinajstić information content (AvgIpc) is 2.19. The summed E-state index contributed by atoms with van der Waals surface area (Å²) < 4.78 is 0. The summed E-state index contributed by atoms with van der Waals surface area (Å²) in [7, 11) is 0. The molecule has 1 rings (SSSR count). The van der Waals surface area contributed by atoms with Crippen LogP contribution in [0.4, 0.5) is 0 Å². The molecule has 0 aromatic carbocycles. The standard InChI is InChI=1S/C11H20NO/c1-2-3-9-13-12-10-11-7-5-4-6-8-11/h11H,2-9H2,1H3. The highest BCUT2D eigenvalue weighted by atomic mass is 16.6. The van der Waals surface area contributed by atoms with E-state index in [1.54, 1.807) is 0 Å². The van der Waals surface area contributed by atoms with Gasteiger partial charge in [-0.15, -0.1) is 0 Å². The van der Waals surface area contributed by atoms with Crippen molar-refractivity contribution in [3.8, 4) is 0 Å². The Morgan fingerprint density at radius 3 is 2.77 bits per heavy atom. The number of hydrogen-bond acceptors (Lipinski definition) is 2. The van der Waals surface area contributed by atoms with Gasteiger partial charge in [0, 0.05) is 5.92 Å². The van der Waals surface area contributed by atoms with Crippen LogP contribution < -0.4 is 0 Å². The minimum absolute atomic E-state index is 0.565. The molecule has 0 amide bonds. The molecule has 0 aliphatic heterocycles. The maximum absolute atomic E-state index is 5.09. The third-order valence-corrected chi connectivity index (χ3v) is 2.49. The Hall–Kier alpha value is -0.530. The molecular weight excluding hydrogens is 162 g/mol. The lowest BCUT2D eigenvalue weighted by Gasteiger charge is -2.15. The molecule has 2 heteroatoms. The molecule has 0 heterocycles. The van der Waals surface area contributed by atoms with Crippen molar-refractivity contribution in [3.63, 3.8) is 0 Å². The molecule has 1 fully saturated rings. The molecule has 75 valence electrons. The lowest BCUT2D eigenvalue weighted by molar-refractivity contribution is 0.140. The van der Waals surface area contributed by atoms with Gasteiger partial charge in [0.2, 0.25) is 0 Å². The summed E-state index contributed by atoms with van der Waals surface area (Å²) >= 11 is 0. The molecule has 13 heavy (non-hydrogen) atoms. The third kappa shape index (κ3) is 4.91. The molecule has 0 aromatic heterocycles. The van der Waals surface area contributed by atoms with Crippen LogP contribution in [0.2, 0.25) is 0 Å². The molecule has 0 unspecified atom stereocenters. The Kier molecular flexibility index (Phi) is 5.62. The Labute approximate surface area is 81.3 Å². The van der Waals surface area contributed by atoms with Crippen LogP contribution in [0.25, 0.3) is 0 Å². The Bertz CT molecular complexity index is 139. The van der Waals surface area contributed by atoms with Crippen molar-refractivity contribution in [3.05, 3.63) is 0 Å². The van der Waals surface area contributed by atoms with E-state index in [9.17, 15) is 0 Å². The van der Waals surface area contributed by atoms with E-state index in [2.05, 4.69) is 18.3 Å². The molecule has 0 spiro atoms. The second-order valence-corrected chi connectivity index (χ2v) is 3.74. The fourth-order valence-electron chi connectivity index (χ4n) is 1.60. The maximum Gasteiger partial charge on any atom is 0.117 e. The van der Waals surface area contributed by atoms with Gasteiger partial charge in [0.1, 0.15) is 12.8 Å². The van der Waals surface area contributed by atoms with Gasteiger partial charge in [-0.25, -0.2) is 0 Å². The van der Waals surface area contributed by atoms with E-state index in [1.807, 2.05) is 0 Å². The number of hydrogen-bond donors (Lipinski definition) is 0. The zero-order chi connectivity index (χ0) is 9.36. The number of nitrogens with zero attached hydrogens (tertiary/aromatic N) is 1. The van der Waals surface area contributed by atoms with Crippen molar-refractivity contribution in [1.29, 1.82) is 0 Å². The van der Waals surface area contributed by atoms with Crippen LogP contribution in [0, 0.1) is 5.92 Å². The Balaban J connectivity index is 2.01. The Morgan fingerprint density at radius 2 is 2.08 bits per heavy atom. The molecule has 0 N–H and O–H groups in total. The predicted octanol–water partition coefficient (Wildman–Crippen LogP) is 3.25. The van der Waals surface area contributed by atoms with Crippen molar-refractivity contribution in [2.24, 2.45) is 11.1 Å². The summed E-state index contributed by atoms with van der Waals surface area (Å²) in [5.74, 6) is 0.565. The number of unbranched alkanes of at least 4 members (excludes halogenated alkanes) is 1. The topological polar surface area (TPSA) is 21.6 Å². The number of rotatable bonds is 5. The molecule has 1 aliphatic carbocycles. The third-order valence-electron chi connectivity index (χ3n) is 2.49. The minimum atomic E-state index is 0.565. The van der Waals surface area contributed by atoms with E-state index in [-0.39, 0.29) is 0 Å². The zero-order valence-corrected chi connectivity index (χ0v) is 8.59. The van der Waals surface area contributed by atoms with E-state index in [1.165, 1.54) is 38.5 Å². The monoisotopic (exact) mass is 182 g/mol. The first-order valence-electron chi connectivity index (χ1n) is 5.51. The SMILES string of the molecule is CCCCO/N=[C]\C1CCCCC1. The zero-order valence-electron chi connectivity index (χ0n) is 8.59. The first-order valence-corrected chi connectivity index (χ1v) is 5.51. The van der Waals surface area contributed by atoms with Gasteiger partial charge in [0.15, 0.2) is 0 Å². The molecule has 0 saturated heterocycles. The molecule has 0 aromatic rings. The predicted molar refractivity (Wildman–Crippen MR) is 54.9 cm³/mol. The van der Waals surface area contributed by atoms with Crippen molar-refractivity contribution in [2.45, 2.75) is 51.9 Å². The van der Waals surface area contributed by atoms with E-state index >= 15 is 0 Å². The highest BCUT2D eigenvalue weighted by Crippen LogP contribution is 2.21. The lowest BCUT2D eigenvalue weighted by atomic mass is 9.90. The van der Waals surface area contributed by atoms with E-state index in [0.29, 0.717) is 5.92 Å². The molecule has 1 saturated carbocycles. The van der Waals surface area contributed by atoms with Crippen LogP contribution in [0.15, 0.2) is 5.16 Å². The molecule has 2 nitrogen and oxygen atoms in total. The van der Waals surface area contributed by atoms with Gasteiger partial charge >= 0.3 is 0 Å². The fourth-order valence-corrected chi connectivity index (χ4v) is 1.60. The second-order valence-electron chi connectivity index (χ2n) is 3.74. The second kappa shape index (κ2) is 6.93. The smallest absolute Gasteiger partial charge is 0.117 e. The van der Waals surface area contributed by atoms with Crippen molar-refractivity contribution < 1.29 is 4.84 Å². The van der Waals surface area contributed by atoms with Gasteiger partial charge in [0.25, 0.3) is 0 Å². The van der Waals surface area contributed by atoms with Crippen molar-refractivity contribution >= 4 is 6.21 Å². The summed E-state index contributed by atoms with van der Waals surface area (Å²) in [5.41, 5.74) is 0. The average molecular weight is 182 g/mol. The summed E-state index contributed by atoms with van der Waals surface area (Å²) in [4.78, 5) is 5.09. The summed E-state index contributed by atoms with van der Waals surface area (Å²) in [6, 6.07) is 0. The molecule has 0 atom stereocenters. The van der Waals surface area contributed by atoms with Crippen molar-refractivity contribution in [2.75, 3.05) is 6.61 Å². The first kappa shape index (κ1) is 10.6. The van der Waals surface area contributed by atoms with Gasteiger partial charge in [-0.2, -0.15) is 0 Å². The van der Waals surface area contributed by atoms with E-state index in [4.69, 9.17) is 4.84 Å². The summed E-state index contributed by atoms with van der Waals surface area (Å²) in [6.45, 7) is 2.90. The van der Waals surface area contributed by atoms with Crippen LogP contribution in [-0.2, 0) is 4.84 Å². The van der Waals surface area contributed by atoms with Crippen molar-refractivity contribution in [1.82, 2.24) is 0 Å². The van der Waals surface area contributed by atoms with Gasteiger partial charge in [-0.05, 0) is 19.3 Å². The first-order chi connectivity index (χ1) is 6.43. The molecular formula is C11H20NO. The fraction of sp³-hybridized carbons (Fsp3) is 0.909. The molecule has 1 radical (unpaired) electrons. The van der Waals surface area contributed by atoms with Gasteiger partial charge in [-0.1, -0.05) is 37.8 Å². The van der Waals surface area contributed by atoms with Crippen LogP contribution >= 0.6 is 0 Å². The van der Waals surface area contributed by atoms with E-state index < -0.39 is 0 Å². The van der Waals surface area contributed by atoms with Gasteiger partial charge in [-0.3, -0.25) is 0 Å². The quantitative estimate of drug-likeness (QED) is 0.363. The van der Waals surface area contributed by atoms with Crippen LogP contribution in [-0.4, -0.2) is 12.8 Å². The lowest BCUT2D eigenvalue weighted by Crippen LogP contribution is -2.07. The Morgan fingerprint density at radius 1 is 1.31 bits per heavy atom. The highest BCUT2D eigenvalue weighted by molar-refractivity contribution is 5.59. The highest BCUT2D eigenvalue weighted by Gasteiger charge is 2.11. The minimum Gasteiger partial charge on any atom is -0.396 e. The molecule has 0 bridgehead atoms. The van der Waals surface area contributed by atoms with E-state index in [0.717, 1.165) is 13.0 Å². The largest absolute Gasteiger partial charge is 0.396 e. The van der Waals surface area contributed by atoms with Gasteiger partial charge < -0.3 is 4.84 Å². The van der Waals surface area contributed by atoms with Crippen LogP contribution in [0.3, 0.4) is 0 Å². The summed E-state index contributed by atoms with van der Waals surface area (Å²) in [6.07, 6.45) is 11.9. The van der Waals surface area contributed by atoms with Gasteiger partial charge in [0.05, 0.1) is 0 Å². The maximum atomic E-state index is 5.09. The molecule has 1 aliphatic rings. The normalized spacial score (nSPS) is 19.5.